The molecule has 1 unspecified atom stereocenters. The molecule has 0 aliphatic rings. The Morgan fingerprint density at radius 1 is 1.05 bits per heavy atom. The first-order chi connectivity index (χ1) is 10.2. The lowest BCUT2D eigenvalue weighted by Gasteiger charge is -2.19. The van der Waals surface area contributed by atoms with Crippen LogP contribution in [-0.2, 0) is 0 Å². The molecule has 0 aliphatic heterocycles. The molecule has 1 N–H and O–H groups in total. The molecule has 0 amide bonds. The molecule has 0 heterocycles. The van der Waals surface area contributed by atoms with Crippen molar-refractivity contribution in [3.63, 3.8) is 0 Å². The molecule has 2 rings (SSSR count). The zero-order valence-corrected chi connectivity index (χ0v) is 13.4. The van der Waals surface area contributed by atoms with Gasteiger partial charge in [0.2, 0.25) is 0 Å². The minimum atomic E-state index is -0.182. The largest absolute Gasteiger partial charge is 0.309 e. The highest BCUT2D eigenvalue weighted by Gasteiger charge is 2.11. The molecule has 0 saturated heterocycles. The summed E-state index contributed by atoms with van der Waals surface area (Å²) in [6, 6.07) is 15.7. The molecule has 0 bridgehead atoms. The summed E-state index contributed by atoms with van der Waals surface area (Å²) in [5.41, 5.74) is 2.59. The fourth-order valence-electron chi connectivity index (χ4n) is 2.10. The Labute approximate surface area is 131 Å². The Kier molecular flexibility index (Phi) is 6.27. The van der Waals surface area contributed by atoms with Crippen LogP contribution in [0.5, 0.6) is 0 Å². The molecule has 2 aromatic carbocycles. The third-order valence-electron chi connectivity index (χ3n) is 3.35. The Balaban J connectivity index is 2.02. The fraction of sp³-hybridized carbons (Fsp3) is 0.333. The minimum absolute atomic E-state index is 0.182. The highest BCUT2D eigenvalue weighted by atomic mass is 32.2. The number of benzene rings is 2. The summed E-state index contributed by atoms with van der Waals surface area (Å²) < 4.78 is 12.9. The summed E-state index contributed by atoms with van der Waals surface area (Å²) in [6.07, 6.45) is 1.11. The van der Waals surface area contributed by atoms with Crippen LogP contribution in [0.25, 0.3) is 0 Å². The lowest BCUT2D eigenvalue weighted by Crippen LogP contribution is -2.24. The summed E-state index contributed by atoms with van der Waals surface area (Å²) in [5.74, 6) is 0.757. The smallest absolute Gasteiger partial charge is 0.123 e. The van der Waals surface area contributed by atoms with Gasteiger partial charge in [0, 0.05) is 16.7 Å². The van der Waals surface area contributed by atoms with Gasteiger partial charge in [0.1, 0.15) is 5.82 Å². The van der Waals surface area contributed by atoms with Crippen LogP contribution in [0.1, 0.15) is 30.5 Å². The van der Waals surface area contributed by atoms with Crippen LogP contribution in [-0.4, -0.2) is 12.3 Å². The van der Waals surface area contributed by atoms with Crippen molar-refractivity contribution in [2.75, 3.05) is 12.3 Å². The topological polar surface area (TPSA) is 12.0 Å². The second-order valence-corrected chi connectivity index (χ2v) is 6.28. The van der Waals surface area contributed by atoms with Crippen molar-refractivity contribution >= 4 is 11.8 Å². The molecule has 3 heteroatoms. The van der Waals surface area contributed by atoms with Crippen LogP contribution in [0.2, 0.25) is 0 Å². The Morgan fingerprint density at radius 3 is 2.33 bits per heavy atom. The van der Waals surface area contributed by atoms with E-state index < -0.39 is 0 Å². The van der Waals surface area contributed by atoms with E-state index in [9.17, 15) is 4.39 Å². The van der Waals surface area contributed by atoms with E-state index >= 15 is 0 Å². The zero-order chi connectivity index (χ0) is 15.1. The van der Waals surface area contributed by atoms with Gasteiger partial charge in [-0.1, -0.05) is 36.8 Å². The van der Waals surface area contributed by atoms with Crippen LogP contribution < -0.4 is 5.32 Å². The predicted octanol–water partition coefficient (Wildman–Crippen LogP) is 4.97. The maximum absolute atomic E-state index is 12.9. The first-order valence-electron chi connectivity index (χ1n) is 7.37. The molecular weight excluding hydrogens is 281 g/mol. The molecule has 21 heavy (non-hydrogen) atoms. The van der Waals surface area contributed by atoms with Gasteiger partial charge < -0.3 is 5.32 Å². The SMILES string of the molecule is CCCNC(CSc1ccc(F)cc1)c1ccc(C)cc1. The van der Waals surface area contributed by atoms with Gasteiger partial charge in [-0.3, -0.25) is 0 Å². The molecule has 0 aliphatic carbocycles. The summed E-state index contributed by atoms with van der Waals surface area (Å²) in [7, 11) is 0. The van der Waals surface area contributed by atoms with Crippen LogP contribution in [0.15, 0.2) is 53.4 Å². The Bertz CT molecular complexity index is 536. The number of aryl methyl sites for hydroxylation is 1. The second-order valence-electron chi connectivity index (χ2n) is 5.18. The Hall–Kier alpha value is -1.32. The van der Waals surface area contributed by atoms with E-state index in [-0.39, 0.29) is 5.82 Å². The van der Waals surface area contributed by atoms with E-state index in [1.807, 2.05) is 12.1 Å². The van der Waals surface area contributed by atoms with E-state index in [1.165, 1.54) is 23.3 Å². The molecule has 112 valence electrons. The van der Waals surface area contributed by atoms with Gasteiger partial charge in [-0.15, -0.1) is 11.8 Å². The Morgan fingerprint density at radius 2 is 1.71 bits per heavy atom. The lowest BCUT2D eigenvalue weighted by molar-refractivity contribution is 0.577. The number of nitrogens with one attached hydrogen (secondary N) is 1. The third kappa shape index (κ3) is 5.18. The molecule has 0 aromatic heterocycles. The monoisotopic (exact) mass is 303 g/mol. The van der Waals surface area contributed by atoms with Gasteiger partial charge in [-0.2, -0.15) is 0 Å². The first-order valence-corrected chi connectivity index (χ1v) is 8.36. The van der Waals surface area contributed by atoms with Crippen molar-refractivity contribution in [2.24, 2.45) is 0 Å². The van der Waals surface area contributed by atoms with E-state index in [0.717, 1.165) is 23.6 Å². The van der Waals surface area contributed by atoms with Gasteiger partial charge in [-0.25, -0.2) is 4.39 Å². The van der Waals surface area contributed by atoms with Crippen LogP contribution >= 0.6 is 11.8 Å². The average molecular weight is 303 g/mol. The highest BCUT2D eigenvalue weighted by molar-refractivity contribution is 7.99. The van der Waals surface area contributed by atoms with Gasteiger partial charge in [-0.05, 0) is 49.7 Å². The van der Waals surface area contributed by atoms with Gasteiger partial charge >= 0.3 is 0 Å². The normalized spacial score (nSPS) is 12.3. The number of halogens is 1. The highest BCUT2D eigenvalue weighted by Crippen LogP contribution is 2.25. The quantitative estimate of drug-likeness (QED) is 0.725. The molecule has 2 aromatic rings. The summed E-state index contributed by atoms with van der Waals surface area (Å²) >= 11 is 1.76. The van der Waals surface area contributed by atoms with Gasteiger partial charge in [0.05, 0.1) is 0 Å². The average Bonchev–Trinajstić information content (AvgIpc) is 2.50. The summed E-state index contributed by atoms with van der Waals surface area (Å²) in [4.78, 5) is 1.10. The van der Waals surface area contributed by atoms with Crippen molar-refractivity contribution in [3.05, 3.63) is 65.5 Å². The van der Waals surface area contributed by atoms with Crippen molar-refractivity contribution in [2.45, 2.75) is 31.2 Å². The molecule has 0 saturated carbocycles. The standard InChI is InChI=1S/C18H22FNS/c1-3-12-20-18(15-6-4-14(2)5-7-15)13-21-17-10-8-16(19)9-11-17/h4-11,18,20H,3,12-13H2,1-2H3. The second kappa shape index (κ2) is 8.20. The predicted molar refractivity (Wildman–Crippen MR) is 89.3 cm³/mol. The van der Waals surface area contributed by atoms with E-state index in [1.54, 1.807) is 11.8 Å². The molecule has 1 atom stereocenters. The fourth-order valence-corrected chi connectivity index (χ4v) is 3.10. The van der Waals surface area contributed by atoms with E-state index in [0.29, 0.717) is 6.04 Å². The molecule has 0 radical (unpaired) electrons. The lowest BCUT2D eigenvalue weighted by atomic mass is 10.1. The molecule has 0 fully saturated rings. The number of hydrogen-bond acceptors (Lipinski definition) is 2. The number of rotatable bonds is 7. The maximum Gasteiger partial charge on any atom is 0.123 e. The van der Waals surface area contributed by atoms with Crippen LogP contribution in [0.4, 0.5) is 4.39 Å². The number of hydrogen-bond donors (Lipinski definition) is 1. The zero-order valence-electron chi connectivity index (χ0n) is 12.6. The van der Waals surface area contributed by atoms with Crippen molar-refractivity contribution in [3.8, 4) is 0 Å². The van der Waals surface area contributed by atoms with Crippen LogP contribution in [0, 0.1) is 12.7 Å². The van der Waals surface area contributed by atoms with Crippen molar-refractivity contribution in [1.29, 1.82) is 0 Å². The molecular formula is C18H22FNS. The maximum atomic E-state index is 12.9. The van der Waals surface area contributed by atoms with Gasteiger partial charge in [0.15, 0.2) is 0 Å². The van der Waals surface area contributed by atoms with E-state index in [4.69, 9.17) is 0 Å². The minimum Gasteiger partial charge on any atom is -0.309 e. The van der Waals surface area contributed by atoms with Crippen LogP contribution in [0.3, 0.4) is 0 Å². The number of thioether (sulfide) groups is 1. The summed E-state index contributed by atoms with van der Waals surface area (Å²) in [6.45, 7) is 5.28. The molecule has 0 spiro atoms. The first kappa shape index (κ1) is 16.1. The van der Waals surface area contributed by atoms with Crippen molar-refractivity contribution in [1.82, 2.24) is 5.32 Å². The van der Waals surface area contributed by atoms with E-state index in [2.05, 4.69) is 43.4 Å². The van der Waals surface area contributed by atoms with Gasteiger partial charge in [0.25, 0.3) is 0 Å². The summed E-state index contributed by atoms with van der Waals surface area (Å²) in [5, 5.41) is 3.59. The van der Waals surface area contributed by atoms with Crippen molar-refractivity contribution < 1.29 is 4.39 Å². The molecule has 1 nitrogen and oxygen atoms in total. The third-order valence-corrected chi connectivity index (χ3v) is 4.46.